The lowest BCUT2D eigenvalue weighted by Crippen LogP contribution is -2.23. The molecule has 1 N–H and O–H groups in total. The molecule has 4 heteroatoms. The summed E-state index contributed by atoms with van der Waals surface area (Å²) in [4.78, 5) is 2.66. The van der Waals surface area contributed by atoms with Gasteiger partial charge in [-0.25, -0.2) is 4.39 Å². The zero-order chi connectivity index (χ0) is 14.5. The Bertz CT molecular complexity index is 610. The molecule has 3 rings (SSSR count). The van der Waals surface area contributed by atoms with Crippen molar-refractivity contribution < 1.29 is 4.39 Å². The van der Waals surface area contributed by atoms with E-state index >= 15 is 0 Å². The van der Waals surface area contributed by atoms with E-state index in [-0.39, 0.29) is 11.9 Å². The molecule has 0 fully saturated rings. The molecular weight excluding hydrogens is 301 g/mol. The number of nitrogens with one attached hydrogen (secondary N) is 1. The molecule has 0 aliphatic heterocycles. The number of hydrogen-bond acceptors (Lipinski definition) is 3. The molecule has 0 unspecified atom stereocenters. The van der Waals surface area contributed by atoms with Gasteiger partial charge in [0.1, 0.15) is 5.82 Å². The van der Waals surface area contributed by atoms with Crippen LogP contribution in [0.1, 0.15) is 21.4 Å². The minimum absolute atomic E-state index is 0.179. The van der Waals surface area contributed by atoms with Crippen LogP contribution in [0.5, 0.6) is 0 Å². The summed E-state index contributed by atoms with van der Waals surface area (Å²) in [5.74, 6) is -0.179. The molecule has 0 aliphatic carbocycles. The normalized spacial score (nSPS) is 11.1. The maximum atomic E-state index is 12.9. The van der Waals surface area contributed by atoms with Gasteiger partial charge in [-0.3, -0.25) is 0 Å². The minimum atomic E-state index is -0.179. The van der Waals surface area contributed by atoms with Gasteiger partial charge in [0.05, 0.1) is 6.04 Å². The lowest BCUT2D eigenvalue weighted by Gasteiger charge is -2.16. The van der Waals surface area contributed by atoms with Crippen LogP contribution in [0.15, 0.2) is 59.3 Å². The van der Waals surface area contributed by atoms with E-state index in [4.69, 9.17) is 0 Å². The largest absolute Gasteiger partial charge is 0.305 e. The number of hydrogen-bond donors (Lipinski definition) is 1. The second kappa shape index (κ2) is 6.98. The van der Waals surface area contributed by atoms with Crippen molar-refractivity contribution in [2.45, 2.75) is 12.5 Å². The standard InChI is InChI=1S/C17H16FNS2/c18-14-7-5-13(6-8-14)9-10-19-17(15-3-1-11-20-15)16-4-2-12-21-16/h1-8,11-12,17,19H,9-10H2. The zero-order valence-electron chi connectivity index (χ0n) is 11.5. The molecular formula is C17H16FNS2. The molecule has 1 aromatic carbocycles. The summed E-state index contributed by atoms with van der Waals surface area (Å²) >= 11 is 3.54. The summed E-state index contributed by atoms with van der Waals surface area (Å²) in [6.07, 6.45) is 0.896. The Morgan fingerprint density at radius 3 is 2.05 bits per heavy atom. The summed E-state index contributed by atoms with van der Waals surface area (Å²) in [5, 5.41) is 7.83. The van der Waals surface area contributed by atoms with Crippen molar-refractivity contribution in [3.05, 3.63) is 80.4 Å². The van der Waals surface area contributed by atoms with Gasteiger partial charge >= 0.3 is 0 Å². The molecule has 108 valence electrons. The molecule has 21 heavy (non-hydrogen) atoms. The van der Waals surface area contributed by atoms with Crippen molar-refractivity contribution in [1.82, 2.24) is 5.32 Å². The summed E-state index contributed by atoms with van der Waals surface area (Å²) < 4.78 is 12.9. The molecule has 2 heterocycles. The van der Waals surface area contributed by atoms with Gasteiger partial charge in [0.25, 0.3) is 0 Å². The van der Waals surface area contributed by atoms with Crippen LogP contribution in [-0.2, 0) is 6.42 Å². The third kappa shape index (κ3) is 3.79. The Morgan fingerprint density at radius 2 is 1.52 bits per heavy atom. The lowest BCUT2D eigenvalue weighted by molar-refractivity contribution is 0.615. The summed E-state index contributed by atoms with van der Waals surface area (Å²) in [6.45, 7) is 0.867. The predicted octanol–water partition coefficient (Wildman–Crippen LogP) is 4.87. The third-order valence-electron chi connectivity index (χ3n) is 3.33. The van der Waals surface area contributed by atoms with Crippen molar-refractivity contribution in [2.75, 3.05) is 6.54 Å². The first-order valence-electron chi connectivity index (χ1n) is 6.87. The monoisotopic (exact) mass is 317 g/mol. The van der Waals surface area contributed by atoms with Crippen molar-refractivity contribution in [3.8, 4) is 0 Å². The van der Waals surface area contributed by atoms with Crippen molar-refractivity contribution in [1.29, 1.82) is 0 Å². The summed E-state index contributed by atoms with van der Waals surface area (Å²) in [7, 11) is 0. The number of halogens is 1. The van der Waals surface area contributed by atoms with Crippen LogP contribution in [0.3, 0.4) is 0 Å². The Kier molecular flexibility index (Phi) is 4.80. The Labute approximate surface area is 132 Å². The number of thiophene rings is 2. The molecule has 3 aromatic rings. The molecule has 0 saturated heterocycles. The van der Waals surface area contributed by atoms with E-state index < -0.39 is 0 Å². The van der Waals surface area contributed by atoms with E-state index in [0.29, 0.717) is 0 Å². The molecule has 0 saturated carbocycles. The van der Waals surface area contributed by atoms with Crippen molar-refractivity contribution in [3.63, 3.8) is 0 Å². The second-order valence-electron chi connectivity index (χ2n) is 4.79. The van der Waals surface area contributed by atoms with Crippen LogP contribution >= 0.6 is 22.7 Å². The highest BCUT2D eigenvalue weighted by Crippen LogP contribution is 2.29. The summed E-state index contributed by atoms with van der Waals surface area (Å²) in [5.41, 5.74) is 1.15. The first-order chi connectivity index (χ1) is 10.3. The van der Waals surface area contributed by atoms with Crippen molar-refractivity contribution in [2.24, 2.45) is 0 Å². The topological polar surface area (TPSA) is 12.0 Å². The molecule has 0 aliphatic rings. The average Bonchev–Trinajstić information content (AvgIpc) is 3.19. The van der Waals surface area contributed by atoms with E-state index in [1.807, 2.05) is 12.1 Å². The van der Waals surface area contributed by atoms with Crippen LogP contribution in [0.25, 0.3) is 0 Å². The molecule has 1 nitrogen and oxygen atoms in total. The van der Waals surface area contributed by atoms with Gasteiger partial charge in [-0.2, -0.15) is 0 Å². The number of rotatable bonds is 6. The number of benzene rings is 1. The van der Waals surface area contributed by atoms with Crippen LogP contribution in [0.4, 0.5) is 4.39 Å². The predicted molar refractivity (Wildman–Crippen MR) is 88.6 cm³/mol. The van der Waals surface area contributed by atoms with Crippen LogP contribution in [-0.4, -0.2) is 6.54 Å². The van der Waals surface area contributed by atoms with E-state index in [1.165, 1.54) is 21.9 Å². The highest BCUT2D eigenvalue weighted by molar-refractivity contribution is 7.11. The highest BCUT2D eigenvalue weighted by atomic mass is 32.1. The fourth-order valence-electron chi connectivity index (χ4n) is 2.26. The van der Waals surface area contributed by atoms with E-state index in [2.05, 4.69) is 40.3 Å². The lowest BCUT2D eigenvalue weighted by atomic mass is 10.1. The highest BCUT2D eigenvalue weighted by Gasteiger charge is 2.15. The van der Waals surface area contributed by atoms with E-state index in [0.717, 1.165) is 18.5 Å². The Hall–Kier alpha value is -1.49. The average molecular weight is 317 g/mol. The minimum Gasteiger partial charge on any atom is -0.305 e. The van der Waals surface area contributed by atoms with Crippen LogP contribution < -0.4 is 5.32 Å². The van der Waals surface area contributed by atoms with Crippen LogP contribution in [0.2, 0.25) is 0 Å². The van der Waals surface area contributed by atoms with Gasteiger partial charge in [-0.05, 0) is 47.0 Å². The Morgan fingerprint density at radius 1 is 0.905 bits per heavy atom. The first-order valence-corrected chi connectivity index (χ1v) is 8.63. The molecule has 0 spiro atoms. The molecule has 0 atom stereocenters. The van der Waals surface area contributed by atoms with Gasteiger partial charge in [0.2, 0.25) is 0 Å². The maximum Gasteiger partial charge on any atom is 0.123 e. The van der Waals surface area contributed by atoms with Gasteiger partial charge in [0.15, 0.2) is 0 Å². The van der Waals surface area contributed by atoms with Crippen LogP contribution in [0, 0.1) is 5.82 Å². The molecule has 0 amide bonds. The Balaban J connectivity index is 1.64. The van der Waals surface area contributed by atoms with E-state index in [9.17, 15) is 4.39 Å². The molecule has 0 radical (unpaired) electrons. The SMILES string of the molecule is Fc1ccc(CCNC(c2cccs2)c2cccs2)cc1. The second-order valence-corrected chi connectivity index (χ2v) is 6.75. The third-order valence-corrected chi connectivity index (χ3v) is 5.21. The van der Waals surface area contributed by atoms with Gasteiger partial charge < -0.3 is 5.32 Å². The quantitative estimate of drug-likeness (QED) is 0.684. The van der Waals surface area contributed by atoms with Crippen molar-refractivity contribution >= 4 is 22.7 Å². The smallest absolute Gasteiger partial charge is 0.123 e. The fourth-order valence-corrected chi connectivity index (χ4v) is 3.97. The fraction of sp³-hybridized carbons (Fsp3) is 0.176. The summed E-state index contributed by atoms with van der Waals surface area (Å²) in [6, 6.07) is 15.5. The van der Waals surface area contributed by atoms with Gasteiger partial charge in [-0.1, -0.05) is 24.3 Å². The van der Waals surface area contributed by atoms with Gasteiger partial charge in [-0.15, -0.1) is 22.7 Å². The first kappa shape index (κ1) is 14.4. The van der Waals surface area contributed by atoms with Gasteiger partial charge in [0, 0.05) is 16.3 Å². The molecule has 0 bridgehead atoms. The molecule has 2 aromatic heterocycles. The van der Waals surface area contributed by atoms with E-state index in [1.54, 1.807) is 22.7 Å². The maximum absolute atomic E-state index is 12.9. The zero-order valence-corrected chi connectivity index (χ0v) is 13.1.